The number of aromatic nitrogens is 8. The van der Waals surface area contributed by atoms with Crippen molar-refractivity contribution in [3.05, 3.63) is 242 Å². The highest BCUT2D eigenvalue weighted by molar-refractivity contribution is 5.80. The van der Waals surface area contributed by atoms with Crippen molar-refractivity contribution in [3.8, 4) is 22.7 Å². The minimum absolute atomic E-state index is 0.109. The van der Waals surface area contributed by atoms with E-state index in [2.05, 4.69) is 212 Å². The van der Waals surface area contributed by atoms with Crippen LogP contribution in [0.1, 0.15) is 60.8 Å². The van der Waals surface area contributed by atoms with Gasteiger partial charge in [-0.1, -0.05) is 97.1 Å². The summed E-state index contributed by atoms with van der Waals surface area (Å²) < 4.78 is 8.91. The molecule has 0 spiro atoms. The van der Waals surface area contributed by atoms with Gasteiger partial charge in [-0.2, -0.15) is 0 Å². The first-order valence-corrected chi connectivity index (χ1v) is 24.6. The van der Waals surface area contributed by atoms with Gasteiger partial charge in [0.2, 0.25) is 0 Å². The molecular formula is C62H48N8. The third kappa shape index (κ3) is 5.82. The Hall–Kier alpha value is -8.36. The molecule has 8 heteroatoms. The molecule has 70 heavy (non-hydrogen) atoms. The lowest BCUT2D eigenvalue weighted by Crippen LogP contribution is -2.67. The Morgan fingerprint density at radius 1 is 0.243 bits per heavy atom. The molecule has 0 saturated heterocycles. The standard InChI is InChI=1S/C62H48N8/c1-5-13-55-51(9-1)63-39-67(55)47-25-17-43(18-26-47)59-33-60(44-19-27-48(28-20-44)68-40-64-52-10-2-6-14-56(52)68)36-61(34-59,45-21-29-49(30-22-45)69-41-65-53-11-3-7-15-57(53)69)38-62(35-59,37-60)46-23-31-50(32-24-46)70-42-66-54-12-4-8-16-58(54)70/h1-32,39-42H,33-38H2. The van der Waals surface area contributed by atoms with E-state index in [9.17, 15) is 0 Å². The number of benzene rings is 8. The second-order valence-corrected chi connectivity index (χ2v) is 20.8. The molecule has 4 bridgehead atoms. The summed E-state index contributed by atoms with van der Waals surface area (Å²) in [6, 6.07) is 72.0. The van der Waals surface area contributed by atoms with E-state index in [1.165, 1.54) is 22.3 Å². The zero-order valence-corrected chi connectivity index (χ0v) is 38.6. The SMILES string of the molecule is c1ccc2c(c1)ncn2-c1ccc(C23CC4(c5ccc(-n6cnc7ccccc76)cc5)CC(c5ccc(-n6cnc7ccccc76)cc5)(C2)CC(c2ccc(-n5cnc6ccccc65)cc2)(C3)C4)cc1. The molecule has 12 aromatic rings. The molecule has 0 amide bonds. The quantitative estimate of drug-likeness (QED) is 0.152. The molecule has 4 aromatic heterocycles. The fourth-order valence-electron chi connectivity index (χ4n) is 14.4. The summed E-state index contributed by atoms with van der Waals surface area (Å²) in [6.07, 6.45) is 14.4. The van der Waals surface area contributed by atoms with Crippen molar-refractivity contribution in [2.45, 2.75) is 60.2 Å². The van der Waals surface area contributed by atoms with Crippen LogP contribution in [-0.4, -0.2) is 38.2 Å². The largest absolute Gasteiger partial charge is 0.299 e. The highest BCUT2D eigenvalue weighted by Gasteiger charge is 2.69. The molecule has 0 atom stereocenters. The summed E-state index contributed by atoms with van der Waals surface area (Å²) in [5.74, 6) is 0. The Morgan fingerprint density at radius 3 is 0.657 bits per heavy atom. The van der Waals surface area contributed by atoms with E-state index >= 15 is 0 Å². The molecule has 0 N–H and O–H groups in total. The molecule has 16 rings (SSSR count). The van der Waals surface area contributed by atoms with Crippen LogP contribution >= 0.6 is 0 Å². The van der Waals surface area contributed by atoms with Crippen molar-refractivity contribution >= 4 is 44.1 Å². The topological polar surface area (TPSA) is 71.3 Å². The second-order valence-electron chi connectivity index (χ2n) is 20.8. The maximum atomic E-state index is 4.76. The fourth-order valence-corrected chi connectivity index (χ4v) is 14.4. The molecular weight excluding hydrogens is 857 g/mol. The Bertz CT molecular complexity index is 3410. The van der Waals surface area contributed by atoms with Crippen LogP contribution in [0.4, 0.5) is 0 Å². The van der Waals surface area contributed by atoms with E-state index < -0.39 is 0 Å². The van der Waals surface area contributed by atoms with Crippen LogP contribution in [0.25, 0.3) is 66.9 Å². The summed E-state index contributed by atoms with van der Waals surface area (Å²) >= 11 is 0. The number of imidazole rings is 4. The van der Waals surface area contributed by atoms with E-state index in [4.69, 9.17) is 19.9 Å². The van der Waals surface area contributed by atoms with Crippen LogP contribution in [0.2, 0.25) is 0 Å². The monoisotopic (exact) mass is 904 g/mol. The van der Waals surface area contributed by atoms with Gasteiger partial charge in [-0.25, -0.2) is 19.9 Å². The summed E-state index contributed by atoms with van der Waals surface area (Å²) in [5, 5.41) is 0. The maximum Gasteiger partial charge on any atom is 0.100 e. The van der Waals surface area contributed by atoms with E-state index in [0.717, 1.165) is 105 Å². The zero-order chi connectivity index (χ0) is 46.1. The lowest BCUT2D eigenvalue weighted by molar-refractivity contribution is -0.0691. The van der Waals surface area contributed by atoms with Crippen molar-refractivity contribution in [1.82, 2.24) is 38.2 Å². The molecule has 4 fully saturated rings. The van der Waals surface area contributed by atoms with Gasteiger partial charge in [0.05, 0.1) is 44.1 Å². The van der Waals surface area contributed by atoms with E-state index in [1.54, 1.807) is 0 Å². The molecule has 4 aliphatic carbocycles. The molecule has 336 valence electrons. The third-order valence-corrected chi connectivity index (χ3v) is 16.9. The van der Waals surface area contributed by atoms with Crippen molar-refractivity contribution in [2.75, 3.05) is 0 Å². The average molecular weight is 905 g/mol. The molecule has 0 radical (unpaired) electrons. The van der Waals surface area contributed by atoms with E-state index in [-0.39, 0.29) is 21.7 Å². The Kier molecular flexibility index (Phi) is 8.25. The first kappa shape index (κ1) is 39.6. The molecule has 4 aliphatic rings. The molecule has 0 aliphatic heterocycles. The first-order chi connectivity index (χ1) is 34.5. The van der Waals surface area contributed by atoms with Gasteiger partial charge >= 0.3 is 0 Å². The molecule has 0 unspecified atom stereocenters. The molecule has 4 saturated carbocycles. The van der Waals surface area contributed by atoms with Crippen LogP contribution in [0.5, 0.6) is 0 Å². The number of hydrogen-bond acceptors (Lipinski definition) is 4. The molecule has 4 heterocycles. The van der Waals surface area contributed by atoms with Crippen LogP contribution in [0.3, 0.4) is 0 Å². The van der Waals surface area contributed by atoms with Crippen LogP contribution in [0.15, 0.2) is 219 Å². The number of para-hydroxylation sites is 8. The van der Waals surface area contributed by atoms with Crippen molar-refractivity contribution in [1.29, 1.82) is 0 Å². The van der Waals surface area contributed by atoms with Crippen molar-refractivity contribution < 1.29 is 0 Å². The smallest absolute Gasteiger partial charge is 0.100 e. The van der Waals surface area contributed by atoms with Crippen molar-refractivity contribution in [2.24, 2.45) is 0 Å². The summed E-state index contributed by atoms with van der Waals surface area (Å²) in [4.78, 5) is 19.0. The first-order valence-electron chi connectivity index (χ1n) is 24.6. The summed E-state index contributed by atoms with van der Waals surface area (Å²) in [5.41, 5.74) is 18.3. The van der Waals surface area contributed by atoms with E-state index in [1.807, 2.05) is 25.3 Å². The van der Waals surface area contributed by atoms with Gasteiger partial charge in [-0.05, 0) is 180 Å². The lowest BCUT2D eigenvalue weighted by Gasteiger charge is -2.71. The molecule has 8 aromatic carbocycles. The van der Waals surface area contributed by atoms with Crippen LogP contribution < -0.4 is 0 Å². The highest BCUT2D eigenvalue weighted by atomic mass is 15.1. The van der Waals surface area contributed by atoms with Gasteiger partial charge in [0.25, 0.3) is 0 Å². The highest BCUT2D eigenvalue weighted by Crippen LogP contribution is 2.75. The minimum atomic E-state index is -0.109. The number of rotatable bonds is 8. The summed E-state index contributed by atoms with van der Waals surface area (Å²) in [7, 11) is 0. The predicted octanol–water partition coefficient (Wildman–Crippen LogP) is 13.5. The van der Waals surface area contributed by atoms with Crippen molar-refractivity contribution in [3.63, 3.8) is 0 Å². The zero-order valence-electron chi connectivity index (χ0n) is 38.6. The summed E-state index contributed by atoms with van der Waals surface area (Å²) in [6.45, 7) is 0. The van der Waals surface area contributed by atoms with Gasteiger partial charge in [-0.15, -0.1) is 0 Å². The maximum absolute atomic E-state index is 4.76. The predicted molar refractivity (Wildman–Crippen MR) is 279 cm³/mol. The van der Waals surface area contributed by atoms with Gasteiger partial charge in [-0.3, -0.25) is 18.3 Å². The third-order valence-electron chi connectivity index (χ3n) is 16.9. The Balaban J connectivity index is 0.909. The second kappa shape index (κ2) is 14.6. The fraction of sp³-hybridized carbons (Fsp3) is 0.161. The normalized spacial score (nSPS) is 22.7. The number of nitrogens with zero attached hydrogens (tertiary/aromatic N) is 8. The average Bonchev–Trinajstić information content (AvgIpc) is 4.24. The Morgan fingerprint density at radius 2 is 0.443 bits per heavy atom. The lowest BCUT2D eigenvalue weighted by atomic mass is 9.32. The van der Waals surface area contributed by atoms with Gasteiger partial charge < -0.3 is 0 Å². The number of hydrogen-bond donors (Lipinski definition) is 0. The minimum Gasteiger partial charge on any atom is -0.299 e. The van der Waals surface area contributed by atoms with E-state index in [0.29, 0.717) is 0 Å². The van der Waals surface area contributed by atoms with Crippen LogP contribution in [0, 0.1) is 0 Å². The number of fused-ring (bicyclic) bond motifs is 4. The van der Waals surface area contributed by atoms with Gasteiger partial charge in [0, 0.05) is 22.7 Å². The van der Waals surface area contributed by atoms with Gasteiger partial charge in [0.1, 0.15) is 25.3 Å². The molecule has 8 nitrogen and oxygen atoms in total. The van der Waals surface area contributed by atoms with Crippen LogP contribution in [-0.2, 0) is 21.7 Å². The van der Waals surface area contributed by atoms with Gasteiger partial charge in [0.15, 0.2) is 0 Å². The Labute approximate surface area is 405 Å².